The highest BCUT2D eigenvalue weighted by atomic mass is 28.4. The van der Waals surface area contributed by atoms with E-state index in [2.05, 4.69) is 0 Å². The predicted molar refractivity (Wildman–Crippen MR) is 29.7 cm³/mol. The van der Waals surface area contributed by atoms with Crippen molar-refractivity contribution in [2.75, 3.05) is 0 Å². The van der Waals surface area contributed by atoms with Crippen molar-refractivity contribution in [2.45, 2.75) is 19.1 Å². The van der Waals surface area contributed by atoms with Crippen molar-refractivity contribution in [1.82, 2.24) is 0 Å². The molecular weight excluding hydrogens is 110 g/mol. The van der Waals surface area contributed by atoms with E-state index < -0.39 is 14.2 Å². The van der Waals surface area contributed by atoms with Crippen molar-refractivity contribution < 1.29 is 9.59 Å². The lowest BCUT2D eigenvalue weighted by molar-refractivity contribution is 0.355. The summed E-state index contributed by atoms with van der Waals surface area (Å²) in [5.74, 6) is 0. The Morgan fingerprint density at radius 2 is 1.71 bits per heavy atom. The van der Waals surface area contributed by atoms with Crippen LogP contribution in [0.2, 0.25) is 6.55 Å². The fourth-order valence-corrected chi connectivity index (χ4v) is 0. The topological polar surface area (TPSA) is 66.5 Å². The highest BCUT2D eigenvalue weighted by Crippen LogP contribution is 1.93. The molecule has 0 aliphatic heterocycles. The second-order valence-electron chi connectivity index (χ2n) is 1.88. The molecule has 0 saturated carbocycles. The monoisotopic (exact) mass is 121 g/mol. The third kappa shape index (κ3) is 2.75. The summed E-state index contributed by atoms with van der Waals surface area (Å²) in [4.78, 5) is 17.3. The fraction of sp³-hybridized carbons (Fsp3) is 1.00. The molecule has 0 aromatic carbocycles. The lowest BCUT2D eigenvalue weighted by Crippen LogP contribution is -2.48. The van der Waals surface area contributed by atoms with Gasteiger partial charge in [-0.1, -0.05) is 0 Å². The average Bonchev–Trinajstić information content (AvgIpc) is 1.31. The van der Waals surface area contributed by atoms with Gasteiger partial charge in [0.15, 0.2) is 0 Å². The first kappa shape index (κ1) is 7.10. The summed E-state index contributed by atoms with van der Waals surface area (Å²) in [7, 11) is -2.96. The van der Waals surface area contributed by atoms with E-state index in [1.165, 1.54) is 6.55 Å². The second-order valence-corrected chi connectivity index (χ2v) is 4.98. The molecule has 0 aromatic heterocycles. The van der Waals surface area contributed by atoms with Gasteiger partial charge in [-0.25, -0.2) is 0 Å². The van der Waals surface area contributed by atoms with Gasteiger partial charge in [-0.2, -0.15) is 0 Å². The van der Waals surface area contributed by atoms with Crippen LogP contribution in [0.1, 0.15) is 6.92 Å². The van der Waals surface area contributed by atoms with Gasteiger partial charge in [-0.15, -0.1) is 0 Å². The lowest BCUT2D eigenvalue weighted by atomic mass is 10.8. The molecule has 0 spiro atoms. The van der Waals surface area contributed by atoms with E-state index in [4.69, 9.17) is 15.3 Å². The first-order chi connectivity index (χ1) is 2.94. The van der Waals surface area contributed by atoms with E-state index in [0.717, 1.165) is 0 Å². The molecule has 0 heterocycles. The van der Waals surface area contributed by atoms with E-state index in [1.54, 1.807) is 6.92 Å². The van der Waals surface area contributed by atoms with E-state index >= 15 is 0 Å². The number of hydrogen-bond acceptors (Lipinski definition) is 3. The molecular formula is C3H11NO2Si. The minimum Gasteiger partial charge on any atom is -0.410 e. The van der Waals surface area contributed by atoms with Gasteiger partial charge >= 0.3 is 8.56 Å². The average molecular weight is 121 g/mol. The summed E-state index contributed by atoms with van der Waals surface area (Å²) in [5, 5.41) is 0. The maximum Gasteiger partial charge on any atom is 0.346 e. The molecule has 4 N–H and O–H groups in total. The Bertz CT molecular complexity index is 58.4. The smallest absolute Gasteiger partial charge is 0.346 e. The molecule has 0 aromatic rings. The normalized spacial score (nSPS) is 16.7. The van der Waals surface area contributed by atoms with Crippen LogP contribution >= 0.6 is 0 Å². The van der Waals surface area contributed by atoms with Crippen LogP contribution in [-0.4, -0.2) is 23.8 Å². The summed E-state index contributed by atoms with van der Waals surface area (Å²) in [5.41, 5.74) is 4.68. The van der Waals surface area contributed by atoms with Crippen LogP contribution in [-0.2, 0) is 0 Å². The van der Waals surface area contributed by atoms with E-state index in [0.29, 0.717) is 0 Å². The van der Waals surface area contributed by atoms with Gasteiger partial charge in [-0.05, 0) is 13.5 Å². The first-order valence-electron chi connectivity index (χ1n) is 2.15. The maximum absolute atomic E-state index is 8.66. The van der Waals surface area contributed by atoms with Gasteiger partial charge in [0.1, 0.15) is 0 Å². The standard InChI is InChI=1S/C3H11NO2Si/c1-3(4)7(2,5)6/h3,5-6H,4H2,1-2H3. The lowest BCUT2D eigenvalue weighted by Gasteiger charge is -2.14. The van der Waals surface area contributed by atoms with Gasteiger partial charge < -0.3 is 15.3 Å². The zero-order chi connectivity index (χ0) is 6.08. The molecule has 1 atom stereocenters. The molecule has 0 rings (SSSR count). The van der Waals surface area contributed by atoms with E-state index in [-0.39, 0.29) is 0 Å². The molecule has 1 unspecified atom stereocenters. The van der Waals surface area contributed by atoms with E-state index in [1.807, 2.05) is 0 Å². The van der Waals surface area contributed by atoms with Crippen LogP contribution < -0.4 is 5.73 Å². The Morgan fingerprint density at radius 1 is 1.57 bits per heavy atom. The van der Waals surface area contributed by atoms with Crippen molar-refractivity contribution in [3.63, 3.8) is 0 Å². The van der Waals surface area contributed by atoms with Crippen molar-refractivity contribution in [3.8, 4) is 0 Å². The minimum absolute atomic E-state index is 0.451. The number of nitrogens with two attached hydrogens (primary N) is 1. The molecule has 7 heavy (non-hydrogen) atoms. The maximum atomic E-state index is 8.66. The van der Waals surface area contributed by atoms with Crippen molar-refractivity contribution >= 4 is 8.56 Å². The number of rotatable bonds is 1. The van der Waals surface area contributed by atoms with Gasteiger partial charge in [0.05, 0.1) is 0 Å². The van der Waals surface area contributed by atoms with Gasteiger partial charge in [-0.3, -0.25) is 0 Å². The zero-order valence-electron chi connectivity index (χ0n) is 4.55. The third-order valence-electron chi connectivity index (χ3n) is 0.863. The van der Waals surface area contributed by atoms with Crippen LogP contribution in [0, 0.1) is 0 Å². The summed E-state index contributed by atoms with van der Waals surface area (Å²) in [6.45, 7) is 2.98. The summed E-state index contributed by atoms with van der Waals surface area (Å²) in [6.07, 6.45) is 0. The van der Waals surface area contributed by atoms with Crippen molar-refractivity contribution in [2.24, 2.45) is 5.73 Å². The van der Waals surface area contributed by atoms with Crippen molar-refractivity contribution in [1.29, 1.82) is 0 Å². The molecule has 0 aliphatic carbocycles. The molecule has 0 fully saturated rings. The molecule has 0 bridgehead atoms. The third-order valence-corrected chi connectivity index (χ3v) is 2.59. The molecule has 0 radical (unpaired) electrons. The van der Waals surface area contributed by atoms with E-state index in [9.17, 15) is 0 Å². The molecule has 4 heteroatoms. The first-order valence-corrected chi connectivity index (χ1v) is 4.62. The molecule has 3 nitrogen and oxygen atoms in total. The van der Waals surface area contributed by atoms with Crippen LogP contribution in [0.3, 0.4) is 0 Å². The zero-order valence-corrected chi connectivity index (χ0v) is 5.55. The van der Waals surface area contributed by atoms with Gasteiger partial charge in [0.25, 0.3) is 0 Å². The highest BCUT2D eigenvalue weighted by molar-refractivity contribution is 6.64. The number of hydrogen-bond donors (Lipinski definition) is 3. The predicted octanol–water partition coefficient (Wildman–Crippen LogP) is -1.07. The van der Waals surface area contributed by atoms with Crippen LogP contribution in [0.5, 0.6) is 0 Å². The largest absolute Gasteiger partial charge is 0.410 e. The van der Waals surface area contributed by atoms with Gasteiger partial charge in [0.2, 0.25) is 0 Å². The van der Waals surface area contributed by atoms with Crippen molar-refractivity contribution in [3.05, 3.63) is 0 Å². The Hall–Kier alpha value is 0.0969. The fourth-order valence-electron chi connectivity index (χ4n) is 0. The quantitative estimate of drug-likeness (QED) is 0.387. The molecule has 0 aliphatic rings. The summed E-state index contributed by atoms with van der Waals surface area (Å²) >= 11 is 0. The Labute approximate surface area is 44.0 Å². The minimum atomic E-state index is -2.96. The molecule has 44 valence electrons. The highest BCUT2D eigenvalue weighted by Gasteiger charge is 2.26. The SMILES string of the molecule is CC(N)[Si](C)(O)O. The van der Waals surface area contributed by atoms with Crippen LogP contribution in [0.4, 0.5) is 0 Å². The van der Waals surface area contributed by atoms with Crippen LogP contribution in [0.15, 0.2) is 0 Å². The molecule has 0 amide bonds. The Kier molecular flexibility index (Phi) is 1.94. The Morgan fingerprint density at radius 3 is 1.71 bits per heavy atom. The van der Waals surface area contributed by atoms with Gasteiger partial charge in [0, 0.05) is 5.67 Å². The molecule has 0 saturated heterocycles. The van der Waals surface area contributed by atoms with Crippen LogP contribution in [0.25, 0.3) is 0 Å². The summed E-state index contributed by atoms with van der Waals surface area (Å²) < 4.78 is 0. The summed E-state index contributed by atoms with van der Waals surface area (Å²) in [6, 6.07) is 0. The Balaban J connectivity index is 3.54. The second kappa shape index (κ2) is 1.91.